The van der Waals surface area contributed by atoms with E-state index < -0.39 is 0 Å². The standard InChI is InChI=1S/C46H34/c1-4-14-34(15-5-1)35-28-30-39(31-29-35)46-42-22-12-10-20-40(42)45(41-21-11-13-23-43(41)46)38-26-24-33(25-27-38)32-44(36-16-6-2-7-17-36)37-18-8-3-9-19-37/h1-28,30-32,35H,29H2. The normalized spacial score (nSPS) is 14.3. The summed E-state index contributed by atoms with van der Waals surface area (Å²) in [7, 11) is 0. The van der Waals surface area contributed by atoms with E-state index in [1.165, 1.54) is 71.6 Å². The van der Waals surface area contributed by atoms with Gasteiger partial charge in [0.25, 0.3) is 0 Å². The molecule has 0 amide bonds. The van der Waals surface area contributed by atoms with Gasteiger partial charge in [-0.05, 0) is 84.1 Å². The molecule has 0 heteroatoms. The van der Waals surface area contributed by atoms with E-state index in [9.17, 15) is 0 Å². The average molecular weight is 587 g/mol. The van der Waals surface area contributed by atoms with Crippen molar-refractivity contribution in [2.75, 3.05) is 0 Å². The summed E-state index contributed by atoms with van der Waals surface area (Å²) in [6, 6.07) is 59.1. The first-order valence-corrected chi connectivity index (χ1v) is 16.1. The molecule has 218 valence electrons. The molecule has 8 rings (SSSR count). The van der Waals surface area contributed by atoms with Gasteiger partial charge in [-0.3, -0.25) is 0 Å². The van der Waals surface area contributed by atoms with Gasteiger partial charge in [-0.1, -0.05) is 182 Å². The van der Waals surface area contributed by atoms with Gasteiger partial charge < -0.3 is 0 Å². The zero-order chi connectivity index (χ0) is 30.7. The molecule has 1 atom stereocenters. The molecule has 0 aliphatic heterocycles. The highest BCUT2D eigenvalue weighted by Crippen LogP contribution is 2.43. The Kier molecular flexibility index (Phi) is 7.46. The Hall–Kier alpha value is -5.72. The Morgan fingerprint density at radius 2 is 0.957 bits per heavy atom. The van der Waals surface area contributed by atoms with Crippen molar-refractivity contribution in [1.29, 1.82) is 0 Å². The predicted molar refractivity (Wildman–Crippen MR) is 198 cm³/mol. The van der Waals surface area contributed by atoms with Crippen LogP contribution in [0.15, 0.2) is 182 Å². The van der Waals surface area contributed by atoms with Crippen molar-refractivity contribution in [3.05, 3.63) is 210 Å². The van der Waals surface area contributed by atoms with Gasteiger partial charge in [-0.15, -0.1) is 0 Å². The number of rotatable bonds is 6. The lowest BCUT2D eigenvalue weighted by atomic mass is 9.82. The molecule has 0 bridgehead atoms. The van der Waals surface area contributed by atoms with Crippen molar-refractivity contribution in [3.8, 4) is 11.1 Å². The average Bonchev–Trinajstić information content (AvgIpc) is 3.14. The SMILES string of the molecule is C1=CC(c2ccccc2)CC=C1c1c2ccccc2c(-c2ccc(C=C(c3ccccc3)c3ccccc3)cc2)c2ccccc12. The summed E-state index contributed by atoms with van der Waals surface area (Å²) in [6.45, 7) is 0. The van der Waals surface area contributed by atoms with Crippen LogP contribution in [0.2, 0.25) is 0 Å². The second-order valence-electron chi connectivity index (χ2n) is 12.0. The maximum absolute atomic E-state index is 2.43. The number of allylic oxidation sites excluding steroid dienone is 4. The molecular formula is C46H34. The molecule has 0 aromatic heterocycles. The molecule has 1 aliphatic rings. The van der Waals surface area contributed by atoms with Crippen molar-refractivity contribution >= 4 is 38.8 Å². The largest absolute Gasteiger partial charge is 0.0761 e. The molecule has 0 N–H and O–H groups in total. The van der Waals surface area contributed by atoms with Gasteiger partial charge in [-0.25, -0.2) is 0 Å². The highest BCUT2D eigenvalue weighted by molar-refractivity contribution is 6.19. The quantitative estimate of drug-likeness (QED) is 0.134. The number of fused-ring (bicyclic) bond motifs is 2. The van der Waals surface area contributed by atoms with Crippen LogP contribution in [-0.2, 0) is 0 Å². The first-order chi connectivity index (χ1) is 22.8. The first kappa shape index (κ1) is 27.8. The van der Waals surface area contributed by atoms with Gasteiger partial charge in [0.2, 0.25) is 0 Å². The second kappa shape index (κ2) is 12.3. The Bertz CT molecular complexity index is 2140. The van der Waals surface area contributed by atoms with E-state index in [2.05, 4.69) is 188 Å². The van der Waals surface area contributed by atoms with Crippen LogP contribution in [0, 0.1) is 0 Å². The lowest BCUT2D eigenvalue weighted by Crippen LogP contribution is -2.00. The smallest absolute Gasteiger partial charge is 0.00561 e. The fraction of sp³-hybridized carbons (Fsp3) is 0.0435. The molecule has 7 aromatic rings. The Morgan fingerprint density at radius 3 is 1.46 bits per heavy atom. The van der Waals surface area contributed by atoms with E-state index >= 15 is 0 Å². The monoisotopic (exact) mass is 586 g/mol. The van der Waals surface area contributed by atoms with Gasteiger partial charge in [0, 0.05) is 5.92 Å². The van der Waals surface area contributed by atoms with Crippen LogP contribution in [0.4, 0.5) is 0 Å². The summed E-state index contributed by atoms with van der Waals surface area (Å²) in [5.74, 6) is 0.415. The molecular weight excluding hydrogens is 553 g/mol. The fourth-order valence-corrected chi connectivity index (χ4v) is 6.99. The predicted octanol–water partition coefficient (Wildman–Crippen LogP) is 12.4. The van der Waals surface area contributed by atoms with Crippen molar-refractivity contribution < 1.29 is 0 Å². The van der Waals surface area contributed by atoms with Crippen LogP contribution < -0.4 is 0 Å². The summed E-state index contributed by atoms with van der Waals surface area (Å²) < 4.78 is 0. The first-order valence-electron chi connectivity index (χ1n) is 16.1. The lowest BCUT2D eigenvalue weighted by molar-refractivity contribution is 0.857. The molecule has 0 heterocycles. The Morgan fingerprint density at radius 1 is 0.478 bits per heavy atom. The van der Waals surface area contributed by atoms with E-state index in [-0.39, 0.29) is 0 Å². The van der Waals surface area contributed by atoms with Crippen molar-refractivity contribution in [2.45, 2.75) is 12.3 Å². The minimum Gasteiger partial charge on any atom is -0.0761 e. The molecule has 0 spiro atoms. The number of benzene rings is 7. The van der Waals surface area contributed by atoms with Crippen molar-refractivity contribution in [2.24, 2.45) is 0 Å². The summed E-state index contributed by atoms with van der Waals surface area (Å²) in [5.41, 5.74) is 11.4. The molecule has 46 heavy (non-hydrogen) atoms. The van der Waals surface area contributed by atoms with Crippen LogP contribution in [0.5, 0.6) is 0 Å². The second-order valence-corrected chi connectivity index (χ2v) is 12.0. The van der Waals surface area contributed by atoms with Crippen LogP contribution >= 0.6 is 0 Å². The topological polar surface area (TPSA) is 0 Å². The summed E-state index contributed by atoms with van der Waals surface area (Å²) in [4.78, 5) is 0. The third kappa shape index (κ3) is 5.29. The fourth-order valence-electron chi connectivity index (χ4n) is 6.99. The third-order valence-corrected chi connectivity index (χ3v) is 9.23. The summed E-state index contributed by atoms with van der Waals surface area (Å²) >= 11 is 0. The van der Waals surface area contributed by atoms with Gasteiger partial charge in [0.1, 0.15) is 0 Å². The maximum Gasteiger partial charge on any atom is 0.00561 e. The maximum atomic E-state index is 2.43. The molecule has 7 aromatic carbocycles. The van der Waals surface area contributed by atoms with Crippen LogP contribution in [-0.4, -0.2) is 0 Å². The van der Waals surface area contributed by atoms with Gasteiger partial charge in [0.15, 0.2) is 0 Å². The van der Waals surface area contributed by atoms with Crippen LogP contribution in [0.25, 0.3) is 49.9 Å². The van der Waals surface area contributed by atoms with Crippen molar-refractivity contribution in [1.82, 2.24) is 0 Å². The molecule has 0 saturated heterocycles. The van der Waals surface area contributed by atoms with Gasteiger partial charge >= 0.3 is 0 Å². The van der Waals surface area contributed by atoms with E-state index in [0.29, 0.717) is 5.92 Å². The summed E-state index contributed by atoms with van der Waals surface area (Å²) in [6.07, 6.45) is 10.5. The van der Waals surface area contributed by atoms with E-state index in [4.69, 9.17) is 0 Å². The summed E-state index contributed by atoms with van der Waals surface area (Å²) in [5, 5.41) is 5.16. The number of hydrogen-bond donors (Lipinski definition) is 0. The molecule has 0 saturated carbocycles. The zero-order valence-electron chi connectivity index (χ0n) is 25.7. The molecule has 0 radical (unpaired) electrons. The van der Waals surface area contributed by atoms with Crippen LogP contribution in [0.1, 0.15) is 40.2 Å². The van der Waals surface area contributed by atoms with Crippen molar-refractivity contribution in [3.63, 3.8) is 0 Å². The van der Waals surface area contributed by atoms with Crippen LogP contribution in [0.3, 0.4) is 0 Å². The highest BCUT2D eigenvalue weighted by Gasteiger charge is 2.19. The van der Waals surface area contributed by atoms with Gasteiger partial charge in [0.05, 0.1) is 0 Å². The minimum absolute atomic E-state index is 0.415. The molecule has 1 aliphatic carbocycles. The third-order valence-electron chi connectivity index (χ3n) is 9.23. The Balaban J connectivity index is 1.23. The number of hydrogen-bond acceptors (Lipinski definition) is 0. The Labute approximate surface area is 271 Å². The molecule has 0 nitrogen and oxygen atoms in total. The molecule has 0 fully saturated rings. The minimum atomic E-state index is 0.415. The van der Waals surface area contributed by atoms with Gasteiger partial charge in [-0.2, -0.15) is 0 Å². The zero-order valence-corrected chi connectivity index (χ0v) is 25.7. The van der Waals surface area contributed by atoms with E-state index in [1.807, 2.05) is 0 Å². The van der Waals surface area contributed by atoms with E-state index in [0.717, 1.165) is 6.42 Å². The lowest BCUT2D eigenvalue weighted by Gasteiger charge is -2.21. The van der Waals surface area contributed by atoms with E-state index in [1.54, 1.807) is 0 Å². The molecule has 1 unspecified atom stereocenters. The highest BCUT2D eigenvalue weighted by atomic mass is 14.2.